The third kappa shape index (κ3) is 4.41. The molecule has 0 saturated carbocycles. The van der Waals surface area contributed by atoms with Crippen LogP contribution in [0.2, 0.25) is 0 Å². The van der Waals surface area contributed by atoms with Crippen molar-refractivity contribution in [1.82, 2.24) is 5.32 Å². The van der Waals surface area contributed by atoms with Crippen LogP contribution in [0.1, 0.15) is 31.4 Å². The van der Waals surface area contributed by atoms with Gasteiger partial charge in [0.15, 0.2) is 11.6 Å². The van der Waals surface area contributed by atoms with Crippen LogP contribution >= 0.6 is 0 Å². The molecule has 1 atom stereocenters. The molecule has 2 rings (SSSR count). The van der Waals surface area contributed by atoms with E-state index in [-0.39, 0.29) is 29.1 Å². The normalized spacial score (nSPS) is 20.1. The number of rotatable bonds is 5. The van der Waals surface area contributed by atoms with Crippen molar-refractivity contribution in [2.45, 2.75) is 25.8 Å². The predicted octanol–water partition coefficient (Wildman–Crippen LogP) is 2.31. The second-order valence-electron chi connectivity index (χ2n) is 5.62. The second kappa shape index (κ2) is 6.75. The van der Waals surface area contributed by atoms with E-state index in [9.17, 15) is 12.8 Å². The van der Waals surface area contributed by atoms with Gasteiger partial charge in [0.2, 0.25) is 0 Å². The number of ether oxygens (including phenoxy) is 1. The Kier molecular flexibility index (Phi) is 5.22. The van der Waals surface area contributed by atoms with Crippen molar-refractivity contribution < 1.29 is 17.5 Å². The molecule has 0 unspecified atom stereocenters. The Morgan fingerprint density at radius 1 is 1.38 bits per heavy atom. The van der Waals surface area contributed by atoms with Gasteiger partial charge in [0.1, 0.15) is 9.84 Å². The van der Waals surface area contributed by atoms with E-state index in [1.165, 1.54) is 13.2 Å². The molecule has 0 bridgehead atoms. The summed E-state index contributed by atoms with van der Waals surface area (Å²) in [5, 5.41) is 3.36. The number of nitrogens with one attached hydrogen (secondary N) is 1. The molecule has 0 radical (unpaired) electrons. The molecule has 1 N–H and O–H groups in total. The molecule has 118 valence electrons. The zero-order valence-corrected chi connectivity index (χ0v) is 13.2. The molecule has 6 heteroatoms. The zero-order chi connectivity index (χ0) is 15.5. The third-order valence-electron chi connectivity index (χ3n) is 4.06. The zero-order valence-electron chi connectivity index (χ0n) is 12.4. The first kappa shape index (κ1) is 16.2. The van der Waals surface area contributed by atoms with Gasteiger partial charge in [-0.05, 0) is 49.9 Å². The Morgan fingerprint density at radius 2 is 2.05 bits per heavy atom. The highest BCUT2D eigenvalue weighted by Crippen LogP contribution is 2.23. The largest absolute Gasteiger partial charge is 0.494 e. The fourth-order valence-electron chi connectivity index (χ4n) is 2.56. The van der Waals surface area contributed by atoms with Gasteiger partial charge in [-0.25, -0.2) is 12.8 Å². The number of hydrogen-bond acceptors (Lipinski definition) is 4. The molecular weight excluding hydrogens is 293 g/mol. The van der Waals surface area contributed by atoms with E-state index in [2.05, 4.69) is 5.32 Å². The highest BCUT2D eigenvalue weighted by atomic mass is 32.2. The van der Waals surface area contributed by atoms with Gasteiger partial charge in [0.25, 0.3) is 0 Å². The Morgan fingerprint density at radius 3 is 2.62 bits per heavy atom. The first-order valence-electron chi connectivity index (χ1n) is 7.18. The quantitative estimate of drug-likeness (QED) is 0.906. The van der Waals surface area contributed by atoms with Gasteiger partial charge in [-0.15, -0.1) is 0 Å². The van der Waals surface area contributed by atoms with E-state index >= 15 is 0 Å². The second-order valence-corrected chi connectivity index (χ2v) is 7.92. The lowest BCUT2D eigenvalue weighted by molar-refractivity contribution is 0.384. The number of benzene rings is 1. The van der Waals surface area contributed by atoms with Gasteiger partial charge in [0.05, 0.1) is 18.6 Å². The molecule has 1 aliphatic rings. The Balaban J connectivity index is 1.87. The third-order valence-corrected chi connectivity index (χ3v) is 5.78. The standard InChI is InChI=1S/C15H22FNO3S/c1-11(13-3-4-15(20-2)14(16)9-13)17-10-12-5-7-21(18,19)8-6-12/h3-4,9,11-12,17H,5-8,10H2,1-2H3/t11-/m0/s1. The predicted molar refractivity (Wildman–Crippen MR) is 80.7 cm³/mol. The summed E-state index contributed by atoms with van der Waals surface area (Å²) >= 11 is 0. The Labute approximate surface area is 125 Å². The van der Waals surface area contributed by atoms with E-state index in [1.54, 1.807) is 6.07 Å². The topological polar surface area (TPSA) is 55.4 Å². The summed E-state index contributed by atoms with van der Waals surface area (Å²) < 4.78 is 41.3. The Bertz CT molecular complexity index is 575. The van der Waals surface area contributed by atoms with Crippen LogP contribution in [-0.2, 0) is 9.84 Å². The lowest BCUT2D eigenvalue weighted by Gasteiger charge is -2.24. The molecule has 1 aromatic carbocycles. The number of methoxy groups -OCH3 is 1. The summed E-state index contributed by atoms with van der Waals surface area (Å²) in [4.78, 5) is 0. The monoisotopic (exact) mass is 315 g/mol. The average molecular weight is 315 g/mol. The maximum Gasteiger partial charge on any atom is 0.165 e. The van der Waals surface area contributed by atoms with Crippen molar-refractivity contribution in [2.24, 2.45) is 5.92 Å². The minimum absolute atomic E-state index is 0.0175. The smallest absolute Gasteiger partial charge is 0.165 e. The van der Waals surface area contributed by atoms with Crippen molar-refractivity contribution >= 4 is 9.84 Å². The van der Waals surface area contributed by atoms with Crippen LogP contribution in [-0.4, -0.2) is 33.6 Å². The molecule has 1 saturated heterocycles. The molecule has 1 aromatic rings. The first-order valence-corrected chi connectivity index (χ1v) is 9.00. The molecule has 0 amide bonds. The molecular formula is C15H22FNO3S. The summed E-state index contributed by atoms with van der Waals surface area (Å²) in [5.41, 5.74) is 0.858. The van der Waals surface area contributed by atoms with Gasteiger partial charge >= 0.3 is 0 Å². The Hall–Kier alpha value is -1.14. The fourth-order valence-corrected chi connectivity index (χ4v) is 4.15. The van der Waals surface area contributed by atoms with E-state index in [0.29, 0.717) is 18.8 Å². The van der Waals surface area contributed by atoms with Crippen LogP contribution in [0.4, 0.5) is 4.39 Å². The van der Waals surface area contributed by atoms with Crippen molar-refractivity contribution in [3.63, 3.8) is 0 Å². The lowest BCUT2D eigenvalue weighted by atomic mass is 10.0. The van der Waals surface area contributed by atoms with E-state index in [1.807, 2.05) is 13.0 Å². The summed E-state index contributed by atoms with van der Waals surface area (Å²) in [7, 11) is -1.37. The first-order chi connectivity index (χ1) is 9.91. The number of halogens is 1. The van der Waals surface area contributed by atoms with Crippen molar-refractivity contribution in [2.75, 3.05) is 25.2 Å². The van der Waals surface area contributed by atoms with Crippen LogP contribution < -0.4 is 10.1 Å². The van der Waals surface area contributed by atoms with E-state index < -0.39 is 9.84 Å². The molecule has 0 aromatic heterocycles. The molecule has 1 heterocycles. The maximum absolute atomic E-state index is 13.7. The average Bonchev–Trinajstić information content (AvgIpc) is 2.45. The summed E-state index contributed by atoms with van der Waals surface area (Å²) in [6.07, 6.45) is 1.41. The highest BCUT2D eigenvalue weighted by Gasteiger charge is 2.23. The van der Waals surface area contributed by atoms with Gasteiger partial charge < -0.3 is 10.1 Å². The molecule has 0 aliphatic carbocycles. The highest BCUT2D eigenvalue weighted by molar-refractivity contribution is 7.91. The van der Waals surface area contributed by atoms with Gasteiger partial charge in [0, 0.05) is 6.04 Å². The minimum atomic E-state index is -2.81. The molecule has 4 nitrogen and oxygen atoms in total. The van der Waals surface area contributed by atoms with Crippen molar-refractivity contribution in [3.8, 4) is 5.75 Å². The van der Waals surface area contributed by atoms with Crippen LogP contribution in [0.5, 0.6) is 5.75 Å². The number of sulfone groups is 1. The SMILES string of the molecule is COc1ccc([C@H](C)NCC2CCS(=O)(=O)CC2)cc1F. The summed E-state index contributed by atoms with van der Waals surface area (Å²) in [6.45, 7) is 2.73. The molecule has 1 fully saturated rings. The molecule has 0 spiro atoms. The van der Waals surface area contributed by atoms with Crippen LogP contribution in [0.3, 0.4) is 0 Å². The van der Waals surface area contributed by atoms with Gasteiger partial charge in [-0.1, -0.05) is 6.07 Å². The molecule has 21 heavy (non-hydrogen) atoms. The maximum atomic E-state index is 13.7. The van der Waals surface area contributed by atoms with Gasteiger partial charge in [-0.2, -0.15) is 0 Å². The van der Waals surface area contributed by atoms with Crippen molar-refractivity contribution in [1.29, 1.82) is 0 Å². The fraction of sp³-hybridized carbons (Fsp3) is 0.600. The summed E-state index contributed by atoms with van der Waals surface area (Å²) in [5.74, 6) is 0.811. The van der Waals surface area contributed by atoms with Crippen LogP contribution in [0.15, 0.2) is 18.2 Å². The van der Waals surface area contributed by atoms with Crippen molar-refractivity contribution in [3.05, 3.63) is 29.6 Å². The van der Waals surface area contributed by atoms with E-state index in [0.717, 1.165) is 12.1 Å². The van der Waals surface area contributed by atoms with Gasteiger partial charge in [-0.3, -0.25) is 0 Å². The lowest BCUT2D eigenvalue weighted by Crippen LogP contribution is -2.32. The van der Waals surface area contributed by atoms with Crippen LogP contribution in [0, 0.1) is 11.7 Å². The number of hydrogen-bond donors (Lipinski definition) is 1. The van der Waals surface area contributed by atoms with Crippen LogP contribution in [0.25, 0.3) is 0 Å². The summed E-state index contributed by atoms with van der Waals surface area (Å²) in [6, 6.07) is 4.95. The molecule has 1 aliphatic heterocycles. The minimum Gasteiger partial charge on any atom is -0.494 e. The van der Waals surface area contributed by atoms with E-state index in [4.69, 9.17) is 4.74 Å².